The van der Waals surface area contributed by atoms with Gasteiger partial charge in [0.15, 0.2) is 0 Å². The molecule has 110 valence electrons. The van der Waals surface area contributed by atoms with Crippen molar-refractivity contribution in [1.29, 1.82) is 0 Å². The standard InChI is InChI=1S/C13H22N4.2ClH/c1-3-6-15-13-9-12(4-7-16-13)17-8-5-11(10-17)14-2;;/h4,7,9,11,14H,3,5-6,8,10H2,1-2H3,(H,15,16);2*1H/t11-;;/m1../s1. The van der Waals surface area contributed by atoms with Crippen LogP contribution in [0.2, 0.25) is 0 Å². The zero-order valence-corrected chi connectivity index (χ0v) is 13.2. The Morgan fingerprint density at radius 2 is 2.21 bits per heavy atom. The second-order valence-electron chi connectivity index (χ2n) is 4.55. The first-order valence-corrected chi connectivity index (χ1v) is 6.45. The summed E-state index contributed by atoms with van der Waals surface area (Å²) in [7, 11) is 2.04. The molecule has 0 spiro atoms. The third kappa shape index (κ3) is 5.05. The molecule has 1 fully saturated rings. The molecule has 2 rings (SSSR count). The van der Waals surface area contributed by atoms with E-state index in [1.54, 1.807) is 0 Å². The molecule has 6 heteroatoms. The van der Waals surface area contributed by atoms with Crippen molar-refractivity contribution >= 4 is 36.3 Å². The molecule has 2 heterocycles. The predicted octanol–water partition coefficient (Wildman–Crippen LogP) is 2.55. The summed E-state index contributed by atoms with van der Waals surface area (Å²) in [5.74, 6) is 0.984. The number of hydrogen-bond donors (Lipinski definition) is 2. The highest BCUT2D eigenvalue weighted by Gasteiger charge is 2.21. The SMILES string of the molecule is CCCNc1cc(N2CC[C@@H](NC)C2)ccn1.Cl.Cl. The summed E-state index contributed by atoms with van der Waals surface area (Å²) in [6.07, 6.45) is 4.23. The van der Waals surface area contributed by atoms with E-state index < -0.39 is 0 Å². The number of hydrogen-bond acceptors (Lipinski definition) is 4. The van der Waals surface area contributed by atoms with Gasteiger partial charge < -0.3 is 15.5 Å². The molecule has 19 heavy (non-hydrogen) atoms. The van der Waals surface area contributed by atoms with Crippen LogP contribution in [-0.2, 0) is 0 Å². The van der Waals surface area contributed by atoms with E-state index in [9.17, 15) is 0 Å². The quantitative estimate of drug-likeness (QED) is 0.877. The van der Waals surface area contributed by atoms with Gasteiger partial charge in [-0.05, 0) is 26.0 Å². The van der Waals surface area contributed by atoms with Gasteiger partial charge in [0, 0.05) is 43.6 Å². The zero-order valence-electron chi connectivity index (χ0n) is 11.6. The fourth-order valence-electron chi connectivity index (χ4n) is 2.20. The van der Waals surface area contributed by atoms with E-state index in [2.05, 4.69) is 39.6 Å². The summed E-state index contributed by atoms with van der Waals surface area (Å²) in [6, 6.07) is 4.86. The third-order valence-electron chi connectivity index (χ3n) is 3.26. The van der Waals surface area contributed by atoms with E-state index in [-0.39, 0.29) is 24.8 Å². The number of pyridine rings is 1. The maximum absolute atomic E-state index is 4.33. The molecule has 4 nitrogen and oxygen atoms in total. The van der Waals surface area contributed by atoms with Crippen molar-refractivity contribution in [3.63, 3.8) is 0 Å². The lowest BCUT2D eigenvalue weighted by molar-refractivity contribution is 0.617. The predicted molar refractivity (Wildman–Crippen MR) is 87.2 cm³/mol. The molecule has 1 aliphatic heterocycles. The Balaban J connectivity index is 0.00000162. The molecule has 0 bridgehead atoms. The molecule has 0 aromatic carbocycles. The number of rotatable bonds is 5. The molecule has 1 aromatic rings. The van der Waals surface area contributed by atoms with Crippen molar-refractivity contribution in [2.75, 3.05) is 36.9 Å². The van der Waals surface area contributed by atoms with Crippen molar-refractivity contribution in [2.45, 2.75) is 25.8 Å². The molecule has 2 N–H and O–H groups in total. The van der Waals surface area contributed by atoms with Gasteiger partial charge in [-0.1, -0.05) is 6.92 Å². The minimum absolute atomic E-state index is 0. The van der Waals surface area contributed by atoms with Gasteiger partial charge in [-0.3, -0.25) is 0 Å². The smallest absolute Gasteiger partial charge is 0.127 e. The van der Waals surface area contributed by atoms with E-state index in [0.717, 1.165) is 31.9 Å². The Kier molecular flexibility index (Phi) is 8.89. The number of aromatic nitrogens is 1. The third-order valence-corrected chi connectivity index (χ3v) is 3.26. The minimum Gasteiger partial charge on any atom is -0.370 e. The molecule has 0 aliphatic carbocycles. The van der Waals surface area contributed by atoms with Crippen LogP contribution in [0.4, 0.5) is 11.5 Å². The first kappa shape index (κ1) is 18.3. The Bertz CT molecular complexity index is 362. The monoisotopic (exact) mass is 306 g/mol. The number of anilines is 2. The first-order chi connectivity index (χ1) is 8.33. The summed E-state index contributed by atoms with van der Waals surface area (Å²) in [5.41, 5.74) is 1.27. The number of halogens is 2. The summed E-state index contributed by atoms with van der Waals surface area (Å²) in [4.78, 5) is 6.75. The van der Waals surface area contributed by atoms with Crippen LogP contribution < -0.4 is 15.5 Å². The highest BCUT2D eigenvalue weighted by Crippen LogP contribution is 2.21. The van der Waals surface area contributed by atoms with Gasteiger partial charge in [-0.2, -0.15) is 0 Å². The second-order valence-corrected chi connectivity index (χ2v) is 4.55. The largest absolute Gasteiger partial charge is 0.370 e. The zero-order chi connectivity index (χ0) is 12.1. The van der Waals surface area contributed by atoms with Crippen LogP contribution in [-0.4, -0.2) is 37.7 Å². The average Bonchev–Trinajstić information content (AvgIpc) is 2.85. The van der Waals surface area contributed by atoms with Crippen LogP contribution in [0.5, 0.6) is 0 Å². The molecular formula is C13H24Cl2N4. The van der Waals surface area contributed by atoms with Crippen molar-refractivity contribution in [3.05, 3.63) is 18.3 Å². The fraction of sp³-hybridized carbons (Fsp3) is 0.615. The molecule has 0 unspecified atom stereocenters. The summed E-state index contributed by atoms with van der Waals surface area (Å²) in [5, 5.41) is 6.67. The summed E-state index contributed by atoms with van der Waals surface area (Å²) >= 11 is 0. The Morgan fingerprint density at radius 1 is 1.42 bits per heavy atom. The molecular weight excluding hydrogens is 283 g/mol. The van der Waals surface area contributed by atoms with Crippen molar-refractivity contribution in [2.24, 2.45) is 0 Å². The van der Waals surface area contributed by atoms with Gasteiger partial charge in [0.05, 0.1) is 0 Å². The minimum atomic E-state index is 0. The molecule has 0 saturated carbocycles. The van der Waals surface area contributed by atoms with Crippen LogP contribution in [0.3, 0.4) is 0 Å². The maximum atomic E-state index is 4.33. The van der Waals surface area contributed by atoms with Crippen LogP contribution in [0.15, 0.2) is 18.3 Å². The average molecular weight is 307 g/mol. The maximum Gasteiger partial charge on any atom is 0.127 e. The van der Waals surface area contributed by atoms with Crippen LogP contribution in [0.25, 0.3) is 0 Å². The van der Waals surface area contributed by atoms with E-state index >= 15 is 0 Å². The Hall–Kier alpha value is -0.710. The lowest BCUT2D eigenvalue weighted by atomic mass is 10.3. The summed E-state index contributed by atoms with van der Waals surface area (Å²) in [6.45, 7) is 5.36. The van der Waals surface area contributed by atoms with Gasteiger partial charge in [-0.15, -0.1) is 24.8 Å². The summed E-state index contributed by atoms with van der Waals surface area (Å²) < 4.78 is 0. The fourth-order valence-corrected chi connectivity index (χ4v) is 2.20. The molecule has 1 aliphatic rings. The van der Waals surface area contributed by atoms with Gasteiger partial charge in [0.25, 0.3) is 0 Å². The van der Waals surface area contributed by atoms with Crippen molar-refractivity contribution in [3.8, 4) is 0 Å². The van der Waals surface area contributed by atoms with Crippen LogP contribution in [0.1, 0.15) is 19.8 Å². The normalized spacial score (nSPS) is 17.6. The lowest BCUT2D eigenvalue weighted by Gasteiger charge is -2.19. The first-order valence-electron chi connectivity index (χ1n) is 6.45. The molecule has 1 aromatic heterocycles. The topological polar surface area (TPSA) is 40.2 Å². The highest BCUT2D eigenvalue weighted by atomic mass is 35.5. The van der Waals surface area contributed by atoms with Gasteiger partial charge >= 0.3 is 0 Å². The van der Waals surface area contributed by atoms with Crippen molar-refractivity contribution < 1.29 is 0 Å². The van der Waals surface area contributed by atoms with Gasteiger partial charge in [-0.25, -0.2) is 4.98 Å². The molecule has 1 atom stereocenters. The van der Waals surface area contributed by atoms with E-state index in [0.29, 0.717) is 6.04 Å². The van der Waals surface area contributed by atoms with Gasteiger partial charge in [0.1, 0.15) is 5.82 Å². The number of nitrogens with one attached hydrogen (secondary N) is 2. The van der Waals surface area contributed by atoms with E-state index in [4.69, 9.17) is 0 Å². The second kappa shape index (κ2) is 9.23. The number of likely N-dealkylation sites (N-methyl/N-ethyl adjacent to an activating group) is 1. The lowest BCUT2D eigenvalue weighted by Crippen LogP contribution is -2.29. The van der Waals surface area contributed by atoms with E-state index in [1.165, 1.54) is 12.1 Å². The molecule has 0 amide bonds. The molecule has 1 saturated heterocycles. The molecule has 0 radical (unpaired) electrons. The van der Waals surface area contributed by atoms with E-state index in [1.807, 2.05) is 13.2 Å². The number of nitrogens with zero attached hydrogens (tertiary/aromatic N) is 2. The Labute approximate surface area is 128 Å². The van der Waals surface area contributed by atoms with Crippen LogP contribution >= 0.6 is 24.8 Å². The van der Waals surface area contributed by atoms with Gasteiger partial charge in [0.2, 0.25) is 0 Å². The van der Waals surface area contributed by atoms with Crippen molar-refractivity contribution in [1.82, 2.24) is 10.3 Å². The highest BCUT2D eigenvalue weighted by molar-refractivity contribution is 5.85. The Morgan fingerprint density at radius 3 is 2.84 bits per heavy atom. The van der Waals surface area contributed by atoms with Crippen LogP contribution in [0, 0.1) is 0 Å².